The van der Waals surface area contributed by atoms with Crippen LogP contribution in [0.1, 0.15) is 16.8 Å². The monoisotopic (exact) mass is 177 g/mol. The number of hydrogen-bond acceptors (Lipinski definition) is 4. The first-order valence-electron chi connectivity index (χ1n) is 3.58. The third-order valence-electron chi connectivity index (χ3n) is 1.79. The number of nitrogens with zero attached hydrogens (tertiary/aromatic N) is 3. The van der Waals surface area contributed by atoms with E-state index in [2.05, 4.69) is 4.98 Å². The Morgan fingerprint density at radius 3 is 2.69 bits per heavy atom. The molecule has 66 valence electrons. The Morgan fingerprint density at radius 2 is 2.23 bits per heavy atom. The summed E-state index contributed by atoms with van der Waals surface area (Å²) in [5.74, 6) is 0. The van der Waals surface area contributed by atoms with E-state index in [1.165, 1.54) is 6.20 Å². The van der Waals surface area contributed by atoms with E-state index in [-0.39, 0.29) is 11.3 Å². The van der Waals surface area contributed by atoms with Crippen LogP contribution in [0.5, 0.6) is 0 Å². The molecule has 0 aliphatic heterocycles. The molecular formula is C8H7N3O2. The molecule has 0 bridgehead atoms. The van der Waals surface area contributed by atoms with Crippen LogP contribution in [0.2, 0.25) is 0 Å². The van der Waals surface area contributed by atoms with E-state index in [4.69, 9.17) is 5.26 Å². The van der Waals surface area contributed by atoms with Gasteiger partial charge in [-0.25, -0.2) is 0 Å². The van der Waals surface area contributed by atoms with E-state index < -0.39 is 4.92 Å². The highest BCUT2D eigenvalue weighted by atomic mass is 16.6. The molecule has 0 atom stereocenters. The van der Waals surface area contributed by atoms with Gasteiger partial charge >= 0.3 is 0 Å². The third-order valence-corrected chi connectivity index (χ3v) is 1.79. The molecule has 0 saturated carbocycles. The topological polar surface area (TPSA) is 79.8 Å². The summed E-state index contributed by atoms with van der Waals surface area (Å²) in [5.41, 5.74) is 0.887. The van der Waals surface area contributed by atoms with Crippen molar-refractivity contribution in [1.82, 2.24) is 4.98 Å². The van der Waals surface area contributed by atoms with E-state index in [0.29, 0.717) is 11.3 Å². The van der Waals surface area contributed by atoms with Crippen molar-refractivity contribution < 1.29 is 4.92 Å². The molecule has 1 heterocycles. The summed E-state index contributed by atoms with van der Waals surface area (Å²) in [6.45, 7) is 3.09. The van der Waals surface area contributed by atoms with Crippen LogP contribution >= 0.6 is 0 Å². The lowest BCUT2D eigenvalue weighted by Crippen LogP contribution is -1.99. The quantitative estimate of drug-likeness (QED) is 0.480. The Hall–Kier alpha value is -1.96. The summed E-state index contributed by atoms with van der Waals surface area (Å²) in [6, 6.07) is 1.85. The first-order chi connectivity index (χ1) is 6.07. The fourth-order valence-electron chi connectivity index (χ4n) is 1.10. The summed E-state index contributed by atoms with van der Waals surface area (Å²) < 4.78 is 0. The Balaban J connectivity index is 3.50. The molecule has 0 spiro atoms. The summed E-state index contributed by atoms with van der Waals surface area (Å²) in [6.07, 6.45) is 1.34. The van der Waals surface area contributed by atoms with Crippen LogP contribution in [0.25, 0.3) is 0 Å². The van der Waals surface area contributed by atoms with Crippen molar-refractivity contribution in [3.05, 3.63) is 33.1 Å². The average Bonchev–Trinajstić information content (AvgIpc) is 2.04. The van der Waals surface area contributed by atoms with Crippen molar-refractivity contribution in [1.29, 1.82) is 5.26 Å². The lowest BCUT2D eigenvalue weighted by atomic mass is 10.1. The molecule has 0 aliphatic rings. The second-order valence-corrected chi connectivity index (χ2v) is 2.60. The average molecular weight is 177 g/mol. The maximum Gasteiger partial charge on any atom is 0.294 e. The zero-order valence-corrected chi connectivity index (χ0v) is 7.24. The Morgan fingerprint density at radius 1 is 1.62 bits per heavy atom. The number of nitro groups is 1. The maximum atomic E-state index is 10.6. The molecule has 0 fully saturated rings. The minimum Gasteiger partial charge on any atom is -0.258 e. The maximum absolute atomic E-state index is 10.6. The second kappa shape index (κ2) is 3.19. The van der Waals surface area contributed by atoms with Gasteiger partial charge in [-0.2, -0.15) is 5.26 Å². The van der Waals surface area contributed by atoms with Crippen LogP contribution in [0.4, 0.5) is 5.69 Å². The van der Waals surface area contributed by atoms with Crippen molar-refractivity contribution in [3.8, 4) is 6.07 Å². The second-order valence-electron chi connectivity index (χ2n) is 2.60. The molecule has 0 amide bonds. The van der Waals surface area contributed by atoms with Crippen molar-refractivity contribution in [3.63, 3.8) is 0 Å². The number of rotatable bonds is 1. The van der Waals surface area contributed by atoms with Gasteiger partial charge < -0.3 is 0 Å². The van der Waals surface area contributed by atoms with Gasteiger partial charge in [0.25, 0.3) is 5.69 Å². The summed E-state index contributed by atoms with van der Waals surface area (Å²) in [4.78, 5) is 13.8. The van der Waals surface area contributed by atoms with Gasteiger partial charge in [-0.05, 0) is 13.8 Å². The minimum absolute atomic E-state index is 0.0703. The minimum atomic E-state index is -0.515. The van der Waals surface area contributed by atoms with Gasteiger partial charge in [-0.1, -0.05) is 0 Å². The van der Waals surface area contributed by atoms with E-state index in [1.807, 2.05) is 6.07 Å². The highest BCUT2D eigenvalue weighted by Crippen LogP contribution is 2.22. The van der Waals surface area contributed by atoms with Gasteiger partial charge in [-0.3, -0.25) is 15.1 Å². The van der Waals surface area contributed by atoms with Crippen LogP contribution in [-0.4, -0.2) is 9.91 Å². The summed E-state index contributed by atoms with van der Waals surface area (Å²) in [5, 5.41) is 19.2. The van der Waals surface area contributed by atoms with Crippen LogP contribution in [-0.2, 0) is 0 Å². The molecule has 1 rings (SSSR count). The normalized spacial score (nSPS) is 9.31. The predicted molar refractivity (Wildman–Crippen MR) is 45.1 cm³/mol. The van der Waals surface area contributed by atoms with Crippen LogP contribution in [0, 0.1) is 35.3 Å². The van der Waals surface area contributed by atoms with Crippen LogP contribution in [0.15, 0.2) is 6.20 Å². The van der Waals surface area contributed by atoms with Crippen LogP contribution in [0.3, 0.4) is 0 Å². The first kappa shape index (κ1) is 9.13. The fraction of sp³-hybridized carbons (Fsp3) is 0.250. The fourth-order valence-corrected chi connectivity index (χ4v) is 1.10. The molecule has 13 heavy (non-hydrogen) atoms. The van der Waals surface area contributed by atoms with E-state index in [0.717, 1.165) is 0 Å². The van der Waals surface area contributed by atoms with Crippen molar-refractivity contribution in [2.24, 2.45) is 0 Å². The molecular weight excluding hydrogens is 170 g/mol. The smallest absolute Gasteiger partial charge is 0.258 e. The van der Waals surface area contributed by atoms with Crippen molar-refractivity contribution in [2.75, 3.05) is 0 Å². The molecule has 1 aromatic heterocycles. The Labute approximate surface area is 74.8 Å². The van der Waals surface area contributed by atoms with Crippen molar-refractivity contribution >= 4 is 5.69 Å². The van der Waals surface area contributed by atoms with E-state index in [9.17, 15) is 10.1 Å². The molecule has 0 saturated heterocycles. The Bertz CT molecular complexity index is 407. The van der Waals surface area contributed by atoms with E-state index in [1.54, 1.807) is 13.8 Å². The molecule has 1 aromatic rings. The van der Waals surface area contributed by atoms with Crippen molar-refractivity contribution in [2.45, 2.75) is 13.8 Å². The molecule has 5 heteroatoms. The molecule has 0 aromatic carbocycles. The molecule has 5 nitrogen and oxygen atoms in total. The van der Waals surface area contributed by atoms with Gasteiger partial charge in [0.1, 0.15) is 11.8 Å². The number of aromatic nitrogens is 1. The van der Waals surface area contributed by atoms with Gasteiger partial charge in [0.05, 0.1) is 10.5 Å². The highest BCUT2D eigenvalue weighted by molar-refractivity contribution is 5.50. The zero-order valence-electron chi connectivity index (χ0n) is 7.24. The SMILES string of the molecule is Cc1ncc(C#N)c(C)c1[N+](=O)[O-]. The van der Waals surface area contributed by atoms with E-state index >= 15 is 0 Å². The third kappa shape index (κ3) is 1.47. The number of hydrogen-bond donors (Lipinski definition) is 0. The molecule has 0 N–H and O–H groups in total. The summed E-state index contributed by atoms with van der Waals surface area (Å²) >= 11 is 0. The number of pyridine rings is 1. The van der Waals surface area contributed by atoms with Gasteiger partial charge in [0, 0.05) is 11.8 Å². The first-order valence-corrected chi connectivity index (χ1v) is 3.58. The van der Waals surface area contributed by atoms with Crippen LogP contribution < -0.4 is 0 Å². The molecule has 0 unspecified atom stereocenters. The number of nitriles is 1. The number of aryl methyl sites for hydroxylation is 1. The summed E-state index contributed by atoms with van der Waals surface area (Å²) in [7, 11) is 0. The zero-order chi connectivity index (χ0) is 10.0. The lowest BCUT2D eigenvalue weighted by molar-refractivity contribution is -0.386. The predicted octanol–water partition coefficient (Wildman–Crippen LogP) is 1.48. The van der Waals surface area contributed by atoms with Gasteiger partial charge in [-0.15, -0.1) is 0 Å². The Kier molecular flexibility index (Phi) is 2.24. The largest absolute Gasteiger partial charge is 0.294 e. The standard InChI is InChI=1S/C8H7N3O2/c1-5-7(3-9)4-10-6(2)8(5)11(12)13/h4H,1-2H3. The lowest BCUT2D eigenvalue weighted by Gasteiger charge is -2.00. The highest BCUT2D eigenvalue weighted by Gasteiger charge is 2.18. The molecule has 0 radical (unpaired) electrons. The van der Waals surface area contributed by atoms with Gasteiger partial charge in [0.15, 0.2) is 0 Å². The molecule has 0 aliphatic carbocycles. The van der Waals surface area contributed by atoms with Gasteiger partial charge in [0.2, 0.25) is 0 Å².